The van der Waals surface area contributed by atoms with Gasteiger partial charge in [-0.25, -0.2) is 0 Å². The van der Waals surface area contributed by atoms with Gasteiger partial charge in [0.1, 0.15) is 22.8 Å². The molecule has 1 aromatic rings. The van der Waals surface area contributed by atoms with Gasteiger partial charge in [0.25, 0.3) is 5.91 Å². The fourth-order valence-corrected chi connectivity index (χ4v) is 5.47. The summed E-state index contributed by atoms with van der Waals surface area (Å²) in [4.78, 5) is 38.0. The summed E-state index contributed by atoms with van der Waals surface area (Å²) in [5.41, 5.74) is 6.68. The van der Waals surface area contributed by atoms with Gasteiger partial charge in [0.05, 0.1) is 11.5 Å². The normalized spacial score (nSPS) is 25.5. The molecule has 4 rings (SSSR count). The number of aliphatic hydroxyl groups is 2. The molecule has 4 unspecified atom stereocenters. The number of allylic oxidation sites excluding steroid dienone is 3. The fraction of sp³-hybridized carbons (Fsp3) is 0.480. The van der Waals surface area contributed by atoms with Crippen LogP contribution in [-0.4, -0.2) is 39.3 Å². The van der Waals surface area contributed by atoms with E-state index in [-0.39, 0.29) is 40.7 Å². The molecule has 1 aromatic carbocycles. The number of amides is 1. The maximum atomic E-state index is 13.5. The zero-order valence-electron chi connectivity index (χ0n) is 18.9. The van der Waals surface area contributed by atoms with Crippen LogP contribution in [0.2, 0.25) is 0 Å². The number of ketones is 2. The number of benzene rings is 1. The van der Waals surface area contributed by atoms with E-state index in [9.17, 15) is 29.7 Å². The van der Waals surface area contributed by atoms with Crippen molar-refractivity contribution in [3.8, 4) is 5.75 Å². The number of primary amides is 1. The minimum Gasteiger partial charge on any atom is -0.511 e. The van der Waals surface area contributed by atoms with Crippen molar-refractivity contribution in [1.29, 1.82) is 0 Å². The Hall–Kier alpha value is -3.13. The van der Waals surface area contributed by atoms with Crippen molar-refractivity contribution >= 4 is 17.5 Å². The van der Waals surface area contributed by atoms with Crippen LogP contribution in [0.4, 0.5) is 0 Å². The molecular weight excluding hydrogens is 424 g/mol. The molecule has 0 spiro atoms. The first kappa shape index (κ1) is 23.0. The maximum absolute atomic E-state index is 13.5. The number of aliphatic hydroxyl groups excluding tert-OH is 2. The maximum Gasteiger partial charge on any atom is 0.255 e. The number of fused-ring (bicyclic) bond motifs is 3. The van der Waals surface area contributed by atoms with Gasteiger partial charge in [-0.3, -0.25) is 14.4 Å². The molecule has 8 heteroatoms. The van der Waals surface area contributed by atoms with Gasteiger partial charge in [-0.05, 0) is 54.3 Å². The summed E-state index contributed by atoms with van der Waals surface area (Å²) in [6, 6.07) is 3.29. The first-order chi connectivity index (χ1) is 15.6. The summed E-state index contributed by atoms with van der Waals surface area (Å²) in [6.07, 6.45) is 1.91. The van der Waals surface area contributed by atoms with E-state index in [1.54, 1.807) is 0 Å². The first-order valence-electron chi connectivity index (χ1n) is 11.4. The Bertz CT molecular complexity index is 1100. The summed E-state index contributed by atoms with van der Waals surface area (Å²) in [6.45, 7) is 5.66. The second-order valence-corrected chi connectivity index (χ2v) is 9.50. The van der Waals surface area contributed by atoms with Gasteiger partial charge < -0.3 is 26.4 Å². The molecule has 8 nitrogen and oxygen atoms in total. The first-order valence-corrected chi connectivity index (χ1v) is 11.4. The quantitative estimate of drug-likeness (QED) is 0.415. The van der Waals surface area contributed by atoms with Crippen LogP contribution >= 0.6 is 0 Å². The molecule has 0 aliphatic heterocycles. The number of phenolic OH excluding ortho intramolecular Hbond substituents is 1. The van der Waals surface area contributed by atoms with Gasteiger partial charge in [-0.15, -0.1) is 0 Å². The number of rotatable bonds is 6. The Balaban J connectivity index is 1.71. The van der Waals surface area contributed by atoms with Crippen molar-refractivity contribution in [2.45, 2.75) is 46.1 Å². The van der Waals surface area contributed by atoms with Gasteiger partial charge in [0.2, 0.25) is 0 Å². The van der Waals surface area contributed by atoms with Crippen molar-refractivity contribution in [2.24, 2.45) is 29.4 Å². The van der Waals surface area contributed by atoms with Crippen molar-refractivity contribution in [3.05, 3.63) is 51.5 Å². The molecule has 3 aliphatic rings. The summed E-state index contributed by atoms with van der Waals surface area (Å²) in [5, 5.41) is 35.2. The van der Waals surface area contributed by atoms with Gasteiger partial charge in [-0.2, -0.15) is 0 Å². The predicted octanol–water partition coefficient (Wildman–Crippen LogP) is 2.60. The molecule has 0 bridgehead atoms. The molecule has 0 heterocycles. The lowest BCUT2D eigenvalue weighted by atomic mass is 9.62. The molecule has 4 atom stereocenters. The highest BCUT2D eigenvalue weighted by atomic mass is 16.3. The van der Waals surface area contributed by atoms with Gasteiger partial charge in [-0.1, -0.05) is 26.3 Å². The monoisotopic (exact) mass is 454 g/mol. The molecule has 0 fully saturated rings. The van der Waals surface area contributed by atoms with E-state index in [0.29, 0.717) is 25.3 Å². The lowest BCUT2D eigenvalue weighted by Crippen LogP contribution is -2.43. The highest BCUT2D eigenvalue weighted by molar-refractivity contribution is 6.22. The summed E-state index contributed by atoms with van der Waals surface area (Å²) in [7, 11) is 0. The van der Waals surface area contributed by atoms with E-state index in [1.807, 2.05) is 6.07 Å². The molecule has 0 saturated carbocycles. The van der Waals surface area contributed by atoms with E-state index >= 15 is 0 Å². The van der Waals surface area contributed by atoms with Crippen LogP contribution < -0.4 is 11.1 Å². The third-order valence-electron chi connectivity index (χ3n) is 7.37. The summed E-state index contributed by atoms with van der Waals surface area (Å²) >= 11 is 0. The van der Waals surface area contributed by atoms with Crippen molar-refractivity contribution in [3.63, 3.8) is 0 Å². The van der Waals surface area contributed by atoms with Crippen LogP contribution in [-0.2, 0) is 22.6 Å². The van der Waals surface area contributed by atoms with Crippen LogP contribution in [0.15, 0.2) is 34.8 Å². The number of carbonyl (C=O) groups is 3. The lowest BCUT2D eigenvalue weighted by molar-refractivity contribution is -0.126. The topological polar surface area (TPSA) is 150 Å². The Kier molecular flexibility index (Phi) is 6.05. The van der Waals surface area contributed by atoms with E-state index in [1.165, 1.54) is 6.07 Å². The molecule has 33 heavy (non-hydrogen) atoms. The van der Waals surface area contributed by atoms with Crippen molar-refractivity contribution in [2.75, 3.05) is 6.54 Å². The second kappa shape index (κ2) is 8.67. The SMILES string of the molecule is CCC(C)CNCc1ccc(O)c2c1CC1CC3CC(O)=C(C(N)=O)C(=O)C3C(O)=C1C2=O. The smallest absolute Gasteiger partial charge is 0.255 e. The molecule has 0 saturated heterocycles. The number of Topliss-reactive ketones (excluding diaryl/α,β-unsaturated/α-hetero) is 2. The molecule has 1 amide bonds. The van der Waals surface area contributed by atoms with Crippen LogP contribution in [0, 0.1) is 23.7 Å². The van der Waals surface area contributed by atoms with Crippen LogP contribution in [0.25, 0.3) is 0 Å². The molecular formula is C25H30N2O6. The number of nitrogens with two attached hydrogens (primary N) is 1. The van der Waals surface area contributed by atoms with Gasteiger partial charge >= 0.3 is 0 Å². The fourth-order valence-electron chi connectivity index (χ4n) is 5.47. The molecule has 6 N–H and O–H groups in total. The van der Waals surface area contributed by atoms with E-state index in [4.69, 9.17) is 5.73 Å². The Morgan fingerprint density at radius 2 is 1.94 bits per heavy atom. The van der Waals surface area contributed by atoms with Crippen molar-refractivity contribution in [1.82, 2.24) is 5.32 Å². The zero-order chi connectivity index (χ0) is 24.0. The number of hydrogen-bond donors (Lipinski definition) is 5. The van der Waals surface area contributed by atoms with Crippen LogP contribution in [0.1, 0.15) is 54.6 Å². The number of nitrogens with one attached hydrogen (secondary N) is 1. The molecule has 3 aliphatic carbocycles. The standard InChI is InChI=1S/C25H30N2O6/c1-3-11(2)9-27-10-12-4-5-16(28)20-15(12)7-13-6-14-8-17(29)21(25(26)33)24(32)19(14)22(30)18(13)23(20)31/h4-5,11,13-14,19,27-30H,3,6-10H2,1-2H3,(H2,26,33). The number of phenols is 1. The third-order valence-corrected chi connectivity index (χ3v) is 7.37. The number of carbonyl (C=O) groups excluding carboxylic acids is 3. The Labute approximate surface area is 192 Å². The molecule has 0 aromatic heterocycles. The third kappa shape index (κ3) is 3.82. The minimum absolute atomic E-state index is 0.0346. The largest absolute Gasteiger partial charge is 0.511 e. The number of aromatic hydroxyl groups is 1. The highest BCUT2D eigenvalue weighted by Gasteiger charge is 2.50. The summed E-state index contributed by atoms with van der Waals surface area (Å²) in [5.74, 6) is -4.57. The minimum atomic E-state index is -1.09. The highest BCUT2D eigenvalue weighted by Crippen LogP contribution is 2.49. The molecule has 176 valence electrons. The van der Waals surface area contributed by atoms with E-state index < -0.39 is 34.9 Å². The Morgan fingerprint density at radius 1 is 1.21 bits per heavy atom. The zero-order valence-corrected chi connectivity index (χ0v) is 18.9. The number of hydrogen-bond acceptors (Lipinski definition) is 7. The lowest BCUT2D eigenvalue weighted by Gasteiger charge is -2.41. The Morgan fingerprint density at radius 3 is 2.61 bits per heavy atom. The van der Waals surface area contributed by atoms with Crippen LogP contribution in [0.3, 0.4) is 0 Å². The average molecular weight is 455 g/mol. The predicted molar refractivity (Wildman–Crippen MR) is 121 cm³/mol. The van der Waals surface area contributed by atoms with Gasteiger partial charge in [0, 0.05) is 18.5 Å². The summed E-state index contributed by atoms with van der Waals surface area (Å²) < 4.78 is 0. The van der Waals surface area contributed by atoms with E-state index in [0.717, 1.165) is 24.1 Å². The molecule has 0 radical (unpaired) electrons. The average Bonchev–Trinajstić information content (AvgIpc) is 2.74. The van der Waals surface area contributed by atoms with E-state index in [2.05, 4.69) is 19.2 Å². The van der Waals surface area contributed by atoms with Crippen LogP contribution in [0.5, 0.6) is 5.75 Å². The van der Waals surface area contributed by atoms with Crippen molar-refractivity contribution < 1.29 is 29.7 Å². The van der Waals surface area contributed by atoms with Gasteiger partial charge in [0.15, 0.2) is 11.6 Å². The second-order valence-electron chi connectivity index (χ2n) is 9.50.